The van der Waals surface area contributed by atoms with Crippen molar-refractivity contribution in [1.82, 2.24) is 14.7 Å². The first-order valence-electron chi connectivity index (χ1n) is 10.7. The average molecular weight is 512 g/mol. The van der Waals surface area contributed by atoms with E-state index in [2.05, 4.69) is 53.4 Å². The molecular weight excluding hydrogens is 482 g/mol. The van der Waals surface area contributed by atoms with E-state index in [-0.39, 0.29) is 23.9 Å². The summed E-state index contributed by atoms with van der Waals surface area (Å²) in [7, 11) is 1.58. The van der Waals surface area contributed by atoms with E-state index >= 15 is 0 Å². The van der Waals surface area contributed by atoms with Gasteiger partial charge in [0.15, 0.2) is 0 Å². The van der Waals surface area contributed by atoms with Crippen molar-refractivity contribution in [2.24, 2.45) is 0 Å². The molecule has 0 saturated heterocycles. The third-order valence-electron chi connectivity index (χ3n) is 5.15. The SMILES string of the molecule is Cc1ccc(-n2nc(C(C)(C)C)cc2NC(=O)CN(C)C(=O)Nc2ccc(Br)cc2)c(C)c1. The molecule has 0 atom stereocenters. The molecule has 7 nitrogen and oxygen atoms in total. The van der Waals surface area contributed by atoms with Crippen LogP contribution >= 0.6 is 15.9 Å². The van der Waals surface area contributed by atoms with E-state index in [1.54, 1.807) is 23.9 Å². The van der Waals surface area contributed by atoms with Gasteiger partial charge >= 0.3 is 6.03 Å². The first kappa shape index (κ1) is 24.5. The van der Waals surface area contributed by atoms with Crippen LogP contribution in [0, 0.1) is 13.8 Å². The van der Waals surface area contributed by atoms with Crippen LogP contribution in [0.25, 0.3) is 5.69 Å². The molecule has 2 aromatic carbocycles. The molecular formula is C25H30BrN5O2. The van der Waals surface area contributed by atoms with Crippen LogP contribution in [0.5, 0.6) is 0 Å². The third kappa shape index (κ3) is 6.22. The van der Waals surface area contributed by atoms with Crippen LogP contribution in [-0.4, -0.2) is 40.2 Å². The van der Waals surface area contributed by atoms with Gasteiger partial charge in [0.2, 0.25) is 5.91 Å². The Morgan fingerprint density at radius 2 is 1.70 bits per heavy atom. The number of carbonyl (C=O) groups excluding carboxylic acids is 2. The van der Waals surface area contributed by atoms with Crippen molar-refractivity contribution in [3.8, 4) is 5.69 Å². The van der Waals surface area contributed by atoms with Gasteiger partial charge in [-0.1, -0.05) is 54.4 Å². The Bertz CT molecular complexity index is 1160. The minimum absolute atomic E-state index is 0.106. The van der Waals surface area contributed by atoms with Gasteiger partial charge in [-0.25, -0.2) is 9.48 Å². The summed E-state index contributed by atoms with van der Waals surface area (Å²) in [6.45, 7) is 10.2. The topological polar surface area (TPSA) is 79.3 Å². The molecule has 0 spiro atoms. The molecule has 8 heteroatoms. The van der Waals surface area contributed by atoms with Crippen molar-refractivity contribution < 1.29 is 9.59 Å². The number of hydrogen-bond donors (Lipinski definition) is 2. The number of aromatic nitrogens is 2. The van der Waals surface area contributed by atoms with Crippen molar-refractivity contribution in [3.63, 3.8) is 0 Å². The van der Waals surface area contributed by atoms with Crippen LogP contribution in [0.1, 0.15) is 37.6 Å². The Morgan fingerprint density at radius 3 is 2.30 bits per heavy atom. The lowest BCUT2D eigenvalue weighted by atomic mass is 9.92. The Labute approximate surface area is 203 Å². The molecule has 0 aliphatic heterocycles. The Hall–Kier alpha value is -3.13. The second kappa shape index (κ2) is 9.79. The normalized spacial score (nSPS) is 11.2. The number of benzene rings is 2. The molecule has 0 fully saturated rings. The summed E-state index contributed by atoms with van der Waals surface area (Å²) < 4.78 is 2.68. The van der Waals surface area contributed by atoms with Crippen LogP contribution in [-0.2, 0) is 10.2 Å². The minimum Gasteiger partial charge on any atom is -0.318 e. The molecule has 33 heavy (non-hydrogen) atoms. The molecule has 0 aliphatic carbocycles. The molecule has 3 rings (SSSR count). The number of urea groups is 1. The van der Waals surface area contributed by atoms with E-state index in [0.29, 0.717) is 11.5 Å². The standard InChI is InChI=1S/C25H30BrN5O2/c1-16-7-12-20(17(2)13-16)31-22(14-21(29-31)25(3,4)5)28-23(32)15-30(6)24(33)27-19-10-8-18(26)9-11-19/h7-14H,15H2,1-6H3,(H,27,33)(H,28,32). The number of anilines is 2. The van der Waals surface area contributed by atoms with E-state index in [9.17, 15) is 9.59 Å². The fourth-order valence-corrected chi connectivity index (χ4v) is 3.55. The zero-order valence-corrected chi connectivity index (χ0v) is 21.4. The Kier molecular flexibility index (Phi) is 7.27. The molecule has 1 aromatic heterocycles. The van der Waals surface area contributed by atoms with Crippen molar-refractivity contribution in [1.29, 1.82) is 0 Å². The zero-order valence-electron chi connectivity index (χ0n) is 19.9. The van der Waals surface area contributed by atoms with Crippen molar-refractivity contribution in [3.05, 3.63) is 69.8 Å². The number of aryl methyl sites for hydroxylation is 2. The van der Waals surface area contributed by atoms with E-state index < -0.39 is 0 Å². The maximum atomic E-state index is 12.8. The summed E-state index contributed by atoms with van der Waals surface area (Å²) in [6.07, 6.45) is 0. The summed E-state index contributed by atoms with van der Waals surface area (Å²) >= 11 is 3.37. The van der Waals surface area contributed by atoms with Crippen LogP contribution in [0.3, 0.4) is 0 Å². The van der Waals surface area contributed by atoms with E-state index in [1.165, 1.54) is 4.90 Å². The lowest BCUT2D eigenvalue weighted by molar-refractivity contribution is -0.116. The number of nitrogens with one attached hydrogen (secondary N) is 2. The summed E-state index contributed by atoms with van der Waals surface area (Å²) in [5, 5.41) is 10.5. The highest BCUT2D eigenvalue weighted by molar-refractivity contribution is 9.10. The molecule has 0 bridgehead atoms. The number of hydrogen-bond acceptors (Lipinski definition) is 3. The van der Waals surface area contributed by atoms with E-state index in [0.717, 1.165) is 27.0 Å². The molecule has 174 valence electrons. The summed E-state index contributed by atoms with van der Waals surface area (Å²) in [5.41, 5.74) is 4.43. The fourth-order valence-electron chi connectivity index (χ4n) is 3.29. The summed E-state index contributed by atoms with van der Waals surface area (Å²) in [5.74, 6) is 0.258. The highest BCUT2D eigenvalue weighted by Gasteiger charge is 2.23. The van der Waals surface area contributed by atoms with E-state index in [4.69, 9.17) is 5.10 Å². The number of nitrogens with zero attached hydrogens (tertiary/aromatic N) is 3. The maximum Gasteiger partial charge on any atom is 0.322 e. The van der Waals surface area contributed by atoms with Crippen molar-refractivity contribution in [2.45, 2.75) is 40.0 Å². The second-order valence-electron chi connectivity index (χ2n) is 9.21. The van der Waals surface area contributed by atoms with Crippen LogP contribution in [0.2, 0.25) is 0 Å². The van der Waals surface area contributed by atoms with Gasteiger partial charge in [0, 0.05) is 28.7 Å². The Balaban J connectivity index is 1.77. The van der Waals surface area contributed by atoms with Gasteiger partial charge in [0.1, 0.15) is 12.4 Å². The van der Waals surface area contributed by atoms with Gasteiger partial charge in [-0.2, -0.15) is 5.10 Å². The molecule has 0 unspecified atom stereocenters. The van der Waals surface area contributed by atoms with E-state index in [1.807, 2.05) is 44.2 Å². The van der Waals surface area contributed by atoms with Crippen molar-refractivity contribution in [2.75, 3.05) is 24.2 Å². The molecule has 2 N–H and O–H groups in total. The summed E-state index contributed by atoms with van der Waals surface area (Å²) in [4.78, 5) is 26.7. The minimum atomic E-state index is -0.370. The van der Waals surface area contributed by atoms with Gasteiger partial charge < -0.3 is 15.5 Å². The second-order valence-corrected chi connectivity index (χ2v) is 10.1. The van der Waals surface area contributed by atoms with Crippen LogP contribution < -0.4 is 10.6 Å². The number of rotatable bonds is 5. The number of carbonyl (C=O) groups is 2. The molecule has 0 radical (unpaired) electrons. The lowest BCUT2D eigenvalue weighted by Crippen LogP contribution is -2.37. The maximum absolute atomic E-state index is 12.8. The zero-order chi connectivity index (χ0) is 24.3. The smallest absolute Gasteiger partial charge is 0.318 e. The Morgan fingerprint density at radius 1 is 1.03 bits per heavy atom. The van der Waals surface area contributed by atoms with Gasteiger partial charge in [0.25, 0.3) is 0 Å². The number of halogens is 1. The van der Waals surface area contributed by atoms with Gasteiger partial charge in [-0.15, -0.1) is 0 Å². The molecule has 1 heterocycles. The largest absolute Gasteiger partial charge is 0.322 e. The fraction of sp³-hybridized carbons (Fsp3) is 0.320. The third-order valence-corrected chi connectivity index (χ3v) is 5.68. The average Bonchev–Trinajstić information content (AvgIpc) is 3.13. The first-order valence-corrected chi connectivity index (χ1v) is 11.5. The molecule has 0 aliphatic rings. The summed E-state index contributed by atoms with van der Waals surface area (Å²) in [6, 6.07) is 14.9. The predicted molar refractivity (Wildman–Crippen MR) is 136 cm³/mol. The van der Waals surface area contributed by atoms with Gasteiger partial charge in [-0.3, -0.25) is 4.79 Å². The highest BCUT2D eigenvalue weighted by Crippen LogP contribution is 2.27. The van der Waals surface area contributed by atoms with Crippen molar-refractivity contribution >= 4 is 39.4 Å². The first-order chi connectivity index (χ1) is 15.4. The van der Waals surface area contributed by atoms with Crippen LogP contribution in [0.4, 0.5) is 16.3 Å². The predicted octanol–water partition coefficient (Wildman–Crippen LogP) is 5.65. The quantitative estimate of drug-likeness (QED) is 0.464. The molecule has 3 aromatic rings. The lowest BCUT2D eigenvalue weighted by Gasteiger charge is -2.18. The molecule has 0 saturated carbocycles. The highest BCUT2D eigenvalue weighted by atomic mass is 79.9. The van der Waals surface area contributed by atoms with Crippen LogP contribution in [0.15, 0.2) is 53.0 Å². The number of likely N-dealkylation sites (N-methyl/N-ethyl adjacent to an activating group) is 1. The monoisotopic (exact) mass is 511 g/mol. The van der Waals surface area contributed by atoms with Gasteiger partial charge in [-0.05, 0) is 49.7 Å². The number of amides is 3. The van der Waals surface area contributed by atoms with Gasteiger partial charge in [0.05, 0.1) is 11.4 Å². The molecule has 3 amide bonds.